The Morgan fingerprint density at radius 3 is 2.63 bits per heavy atom. The average molecular weight is 325 g/mol. The monoisotopic (exact) mass is 324 g/mol. The lowest BCUT2D eigenvalue weighted by Gasteiger charge is -2.30. The molecule has 2 rings (SSSR count). The number of hydrogen-bond acceptors (Lipinski definition) is 2. The van der Waals surface area contributed by atoms with Crippen LogP contribution in [0.1, 0.15) is 44.7 Å². The Hall–Kier alpha value is -0.380. The summed E-state index contributed by atoms with van der Waals surface area (Å²) in [7, 11) is 0. The van der Waals surface area contributed by atoms with E-state index in [1.165, 1.54) is 44.5 Å². The molecule has 0 aliphatic carbocycles. The molecule has 3 heteroatoms. The van der Waals surface area contributed by atoms with Gasteiger partial charge in [-0.05, 0) is 57.5 Å². The van der Waals surface area contributed by atoms with Crippen molar-refractivity contribution in [3.63, 3.8) is 0 Å². The number of nitrogens with zero attached hydrogens (tertiary/aromatic N) is 1. The maximum Gasteiger partial charge on any atom is 0.0295 e. The van der Waals surface area contributed by atoms with E-state index in [-0.39, 0.29) is 0 Å². The molecule has 0 bridgehead atoms. The summed E-state index contributed by atoms with van der Waals surface area (Å²) in [6, 6.07) is 9.51. The number of nitrogens with one attached hydrogen (secondary N) is 1. The van der Waals surface area contributed by atoms with Crippen molar-refractivity contribution in [3.05, 3.63) is 34.3 Å². The molecule has 0 spiro atoms. The first-order valence-corrected chi connectivity index (χ1v) is 8.18. The second-order valence-corrected chi connectivity index (χ2v) is 6.62. The fourth-order valence-electron chi connectivity index (χ4n) is 2.88. The van der Waals surface area contributed by atoms with Gasteiger partial charge >= 0.3 is 0 Å². The molecular weight excluding hydrogens is 300 g/mol. The minimum absolute atomic E-state index is 0.400. The van der Waals surface area contributed by atoms with Crippen LogP contribution in [-0.4, -0.2) is 30.6 Å². The Balaban J connectivity index is 1.82. The predicted molar refractivity (Wildman–Crippen MR) is 85.4 cm³/mol. The highest BCUT2D eigenvalue weighted by Crippen LogP contribution is 2.18. The molecule has 1 aromatic carbocycles. The first-order chi connectivity index (χ1) is 9.15. The van der Waals surface area contributed by atoms with Crippen molar-refractivity contribution in [2.45, 2.75) is 45.2 Å². The molecule has 1 aromatic rings. The van der Waals surface area contributed by atoms with Crippen LogP contribution in [0.25, 0.3) is 0 Å². The third-order valence-corrected chi connectivity index (χ3v) is 4.36. The van der Waals surface area contributed by atoms with Crippen LogP contribution in [0, 0.1) is 0 Å². The Bertz CT molecular complexity index is 388. The first-order valence-electron chi connectivity index (χ1n) is 7.39. The third kappa shape index (κ3) is 4.90. The Kier molecular flexibility index (Phi) is 5.86. The van der Waals surface area contributed by atoms with Gasteiger partial charge in [0.1, 0.15) is 0 Å². The molecule has 106 valence electrons. The molecule has 0 amide bonds. The van der Waals surface area contributed by atoms with Gasteiger partial charge in [0.15, 0.2) is 0 Å². The normalized spacial score (nSPS) is 20.2. The van der Waals surface area contributed by atoms with Gasteiger partial charge in [0, 0.05) is 23.1 Å². The van der Waals surface area contributed by atoms with Crippen LogP contribution in [-0.2, 0) is 0 Å². The number of hydrogen-bond donors (Lipinski definition) is 1. The van der Waals surface area contributed by atoms with Gasteiger partial charge in [-0.1, -0.05) is 34.5 Å². The van der Waals surface area contributed by atoms with Gasteiger partial charge in [-0.25, -0.2) is 0 Å². The van der Waals surface area contributed by atoms with E-state index in [2.05, 4.69) is 64.3 Å². The summed E-state index contributed by atoms with van der Waals surface area (Å²) < 4.78 is 1.15. The lowest BCUT2D eigenvalue weighted by Crippen LogP contribution is -2.42. The standard InChI is InChI=1S/C16H25BrN2/c1-13(12-19-9-4-3-5-10-19)18-14(2)15-7-6-8-16(17)11-15/h6-8,11,13-14,18H,3-5,9-10,12H2,1-2H3. The van der Waals surface area contributed by atoms with E-state index in [4.69, 9.17) is 0 Å². The Morgan fingerprint density at radius 2 is 1.95 bits per heavy atom. The van der Waals surface area contributed by atoms with Crippen LogP contribution in [0.3, 0.4) is 0 Å². The number of rotatable bonds is 5. The summed E-state index contributed by atoms with van der Waals surface area (Å²) in [6.45, 7) is 8.25. The number of likely N-dealkylation sites (tertiary alicyclic amines) is 1. The summed E-state index contributed by atoms with van der Waals surface area (Å²) in [5.74, 6) is 0. The zero-order valence-corrected chi connectivity index (χ0v) is 13.6. The van der Waals surface area contributed by atoms with Gasteiger partial charge in [-0.2, -0.15) is 0 Å². The van der Waals surface area contributed by atoms with Crippen molar-refractivity contribution in [3.8, 4) is 0 Å². The molecule has 19 heavy (non-hydrogen) atoms. The molecule has 0 aromatic heterocycles. The van der Waals surface area contributed by atoms with Gasteiger partial charge in [-0.3, -0.25) is 0 Å². The van der Waals surface area contributed by atoms with Gasteiger partial charge < -0.3 is 10.2 Å². The predicted octanol–water partition coefficient (Wildman–Crippen LogP) is 3.97. The van der Waals surface area contributed by atoms with Gasteiger partial charge in [-0.15, -0.1) is 0 Å². The summed E-state index contributed by atoms with van der Waals surface area (Å²) in [5, 5.41) is 3.71. The molecule has 1 heterocycles. The van der Waals surface area contributed by atoms with E-state index >= 15 is 0 Å². The SMILES string of the molecule is CC(CN1CCCCC1)NC(C)c1cccc(Br)c1. The van der Waals surface area contributed by atoms with Crippen LogP contribution in [0.4, 0.5) is 0 Å². The van der Waals surface area contributed by atoms with Gasteiger partial charge in [0.05, 0.1) is 0 Å². The highest BCUT2D eigenvalue weighted by atomic mass is 79.9. The molecule has 1 aliphatic rings. The highest BCUT2D eigenvalue weighted by molar-refractivity contribution is 9.10. The largest absolute Gasteiger partial charge is 0.306 e. The highest BCUT2D eigenvalue weighted by Gasteiger charge is 2.15. The van der Waals surface area contributed by atoms with Gasteiger partial charge in [0.2, 0.25) is 0 Å². The smallest absolute Gasteiger partial charge is 0.0295 e. The lowest BCUT2D eigenvalue weighted by molar-refractivity contribution is 0.205. The maximum atomic E-state index is 3.71. The zero-order chi connectivity index (χ0) is 13.7. The van der Waals surface area contributed by atoms with E-state index in [1.54, 1.807) is 0 Å². The third-order valence-electron chi connectivity index (χ3n) is 3.86. The fraction of sp³-hybridized carbons (Fsp3) is 0.625. The molecule has 0 saturated carbocycles. The first kappa shape index (κ1) is 15.0. The van der Waals surface area contributed by atoms with Crippen molar-refractivity contribution < 1.29 is 0 Å². The minimum Gasteiger partial charge on any atom is -0.306 e. The van der Waals surface area contributed by atoms with E-state index in [0.717, 1.165) is 4.47 Å². The number of benzene rings is 1. The molecule has 1 saturated heterocycles. The van der Waals surface area contributed by atoms with Crippen molar-refractivity contribution in [1.29, 1.82) is 0 Å². The number of halogens is 1. The van der Waals surface area contributed by atoms with Crippen LogP contribution < -0.4 is 5.32 Å². The van der Waals surface area contributed by atoms with Crippen molar-refractivity contribution in [2.24, 2.45) is 0 Å². The van der Waals surface area contributed by atoms with E-state index in [0.29, 0.717) is 12.1 Å². The average Bonchev–Trinajstić information content (AvgIpc) is 2.39. The van der Waals surface area contributed by atoms with Crippen molar-refractivity contribution >= 4 is 15.9 Å². The topological polar surface area (TPSA) is 15.3 Å². The lowest BCUT2D eigenvalue weighted by atomic mass is 10.1. The van der Waals surface area contributed by atoms with Gasteiger partial charge in [0.25, 0.3) is 0 Å². The Morgan fingerprint density at radius 1 is 1.21 bits per heavy atom. The van der Waals surface area contributed by atoms with Crippen molar-refractivity contribution in [2.75, 3.05) is 19.6 Å². The second-order valence-electron chi connectivity index (χ2n) is 5.71. The Labute approximate surface area is 125 Å². The second kappa shape index (κ2) is 7.41. The summed E-state index contributed by atoms with van der Waals surface area (Å²) in [5.41, 5.74) is 1.35. The van der Waals surface area contributed by atoms with Crippen LogP contribution in [0.5, 0.6) is 0 Å². The maximum absolute atomic E-state index is 3.71. The molecule has 0 radical (unpaired) electrons. The van der Waals surface area contributed by atoms with E-state index < -0.39 is 0 Å². The van der Waals surface area contributed by atoms with Crippen LogP contribution in [0.15, 0.2) is 28.7 Å². The van der Waals surface area contributed by atoms with E-state index in [9.17, 15) is 0 Å². The molecule has 2 unspecified atom stereocenters. The quantitative estimate of drug-likeness (QED) is 0.881. The molecule has 1 fully saturated rings. The summed E-state index contributed by atoms with van der Waals surface area (Å²) >= 11 is 3.54. The molecule has 2 nitrogen and oxygen atoms in total. The fourth-order valence-corrected chi connectivity index (χ4v) is 3.30. The van der Waals surface area contributed by atoms with E-state index in [1.807, 2.05) is 0 Å². The number of piperidine rings is 1. The van der Waals surface area contributed by atoms with Crippen molar-refractivity contribution in [1.82, 2.24) is 10.2 Å². The van der Waals surface area contributed by atoms with Crippen LogP contribution in [0.2, 0.25) is 0 Å². The van der Waals surface area contributed by atoms with Crippen LogP contribution >= 0.6 is 15.9 Å². The zero-order valence-electron chi connectivity index (χ0n) is 12.0. The summed E-state index contributed by atoms with van der Waals surface area (Å²) in [4.78, 5) is 2.59. The molecule has 1 N–H and O–H groups in total. The minimum atomic E-state index is 0.400. The summed E-state index contributed by atoms with van der Waals surface area (Å²) in [6.07, 6.45) is 4.15. The molecular formula is C16H25BrN2. The molecule has 2 atom stereocenters. The molecule has 1 aliphatic heterocycles.